The van der Waals surface area contributed by atoms with E-state index in [0.717, 1.165) is 25.8 Å². The van der Waals surface area contributed by atoms with Crippen molar-refractivity contribution in [2.75, 3.05) is 13.2 Å². The van der Waals surface area contributed by atoms with Crippen molar-refractivity contribution >= 4 is 60.4 Å². The molecule has 154 valence electrons. The largest absolute Gasteiger partial charge is 0.488 e. The van der Waals surface area contributed by atoms with Crippen LogP contribution in [0, 0.1) is 15.4 Å². The number of hydrogen-bond acceptors (Lipinski definition) is 3. The van der Waals surface area contributed by atoms with Crippen molar-refractivity contribution in [3.63, 3.8) is 0 Å². The number of halogens is 3. The van der Waals surface area contributed by atoms with E-state index in [2.05, 4.69) is 66.3 Å². The lowest BCUT2D eigenvalue weighted by Gasteiger charge is -2.19. The smallest absolute Gasteiger partial charge is 0.333 e. The minimum atomic E-state index is -0.953. The molecule has 29 heavy (non-hydrogen) atoms. The Morgan fingerprint density at radius 2 is 2.28 bits per heavy atom. The Bertz CT molecular complexity index is 883. The van der Waals surface area contributed by atoms with Crippen molar-refractivity contribution in [3.05, 3.63) is 62.2 Å². The zero-order chi connectivity index (χ0) is 21.3. The first-order valence-electron chi connectivity index (χ1n) is 8.99. The lowest BCUT2D eigenvalue weighted by Crippen LogP contribution is -2.26. The van der Waals surface area contributed by atoms with E-state index in [1.807, 2.05) is 42.5 Å². The molecule has 4 nitrogen and oxygen atoms in total. The van der Waals surface area contributed by atoms with E-state index in [1.165, 1.54) is 0 Å². The zero-order valence-electron chi connectivity index (χ0n) is 15.8. The fraction of sp³-hybridized carbons (Fsp3) is 0.318. The van der Waals surface area contributed by atoms with E-state index in [-0.39, 0.29) is 4.32 Å². The highest BCUT2D eigenvalue weighted by molar-refractivity contribution is 14.1. The van der Waals surface area contributed by atoms with E-state index < -0.39 is 12.1 Å². The van der Waals surface area contributed by atoms with Crippen LogP contribution in [0.4, 0.5) is 0 Å². The van der Waals surface area contributed by atoms with E-state index in [9.17, 15) is 9.90 Å². The number of benzene rings is 1. The van der Waals surface area contributed by atoms with Gasteiger partial charge in [-0.25, -0.2) is 4.79 Å². The van der Waals surface area contributed by atoms with Gasteiger partial charge in [0, 0.05) is 19.4 Å². The fourth-order valence-electron chi connectivity index (χ4n) is 2.58. The Balaban J connectivity index is 1.88. The third-order valence-corrected chi connectivity index (χ3v) is 6.07. The summed E-state index contributed by atoms with van der Waals surface area (Å²) in [5, 5.41) is 9.21. The maximum atomic E-state index is 11.2. The van der Waals surface area contributed by atoms with E-state index in [1.54, 1.807) is 13.0 Å². The third kappa shape index (κ3) is 8.28. The number of carbonyl (C=O) groups is 1. The van der Waals surface area contributed by atoms with Gasteiger partial charge in [0.2, 0.25) is 0 Å². The summed E-state index contributed by atoms with van der Waals surface area (Å²) in [4.78, 5) is 11.2. The minimum absolute atomic E-state index is 0.322. The molecule has 1 aromatic rings. The Morgan fingerprint density at radius 1 is 1.48 bits per heavy atom. The molecule has 0 saturated carbocycles. The van der Waals surface area contributed by atoms with Crippen molar-refractivity contribution < 1.29 is 19.4 Å². The Morgan fingerprint density at radius 3 is 2.93 bits per heavy atom. The Hall–Kier alpha value is -1.08. The standard InChI is InChI=1S/C22H21Br2IO4/c1-2-28-20(21(26)27)14-16-8-9-19(18(25)13-16)29-12-5-3-4-10-22(24)11-6-7-17(23)15-22/h3,5-9,11,13,20H,2,12,14-15H2,1H3,(H,26,27)/b5-3-/t20-,22?/m0/s1. The zero-order valence-corrected chi connectivity index (χ0v) is 21.2. The van der Waals surface area contributed by atoms with Gasteiger partial charge in [0.1, 0.15) is 16.7 Å². The van der Waals surface area contributed by atoms with Crippen LogP contribution < -0.4 is 4.74 Å². The van der Waals surface area contributed by atoms with Crippen LogP contribution in [0.2, 0.25) is 0 Å². The van der Waals surface area contributed by atoms with Gasteiger partial charge in [0.25, 0.3) is 0 Å². The average molecular weight is 636 g/mol. The summed E-state index contributed by atoms with van der Waals surface area (Å²) in [6, 6.07) is 5.64. The average Bonchev–Trinajstić information content (AvgIpc) is 2.65. The second kappa shape index (κ2) is 11.9. The molecule has 0 aliphatic heterocycles. The quantitative estimate of drug-likeness (QED) is 0.229. The van der Waals surface area contributed by atoms with Crippen LogP contribution in [0.15, 0.2) is 53.1 Å². The molecule has 1 N–H and O–H groups in total. The Labute approximate surface area is 201 Å². The lowest BCUT2D eigenvalue weighted by atomic mass is 10.0. The van der Waals surface area contributed by atoms with Gasteiger partial charge < -0.3 is 14.6 Å². The number of carboxylic acid groups (broad SMARTS) is 1. The number of ether oxygens (including phenoxy) is 2. The molecule has 1 aliphatic carbocycles. The summed E-state index contributed by atoms with van der Waals surface area (Å²) >= 11 is 9.34. The molecule has 0 aromatic heterocycles. The van der Waals surface area contributed by atoms with Crippen LogP contribution in [0.5, 0.6) is 5.75 Å². The van der Waals surface area contributed by atoms with Gasteiger partial charge in [-0.3, -0.25) is 0 Å². The molecule has 1 aliphatic rings. The molecule has 0 amide bonds. The van der Waals surface area contributed by atoms with Crippen LogP contribution in [-0.2, 0) is 16.0 Å². The molecule has 2 rings (SSSR count). The van der Waals surface area contributed by atoms with Gasteiger partial charge in [0.15, 0.2) is 6.10 Å². The summed E-state index contributed by atoms with van der Waals surface area (Å²) in [6.07, 6.45) is 9.93. The van der Waals surface area contributed by atoms with E-state index in [4.69, 9.17) is 9.47 Å². The molecule has 1 unspecified atom stereocenters. The number of carboxylic acids is 1. The molecule has 7 heteroatoms. The summed E-state index contributed by atoms with van der Waals surface area (Å²) in [5.74, 6) is 6.02. The van der Waals surface area contributed by atoms with Crippen LogP contribution in [-0.4, -0.2) is 34.7 Å². The summed E-state index contributed by atoms with van der Waals surface area (Å²) < 4.78 is 12.7. The molecular formula is C22H21Br2IO4. The normalized spacial score (nSPS) is 19.4. The van der Waals surface area contributed by atoms with Crippen molar-refractivity contribution in [1.82, 2.24) is 0 Å². The number of alkyl halides is 1. The van der Waals surface area contributed by atoms with E-state index in [0.29, 0.717) is 19.6 Å². The topological polar surface area (TPSA) is 55.8 Å². The first-order chi connectivity index (χ1) is 13.8. The van der Waals surface area contributed by atoms with Crippen LogP contribution in [0.3, 0.4) is 0 Å². The molecular weight excluding hydrogens is 615 g/mol. The van der Waals surface area contributed by atoms with Gasteiger partial charge in [-0.15, -0.1) is 0 Å². The van der Waals surface area contributed by atoms with Crippen LogP contribution in [0.25, 0.3) is 0 Å². The SMILES string of the molecule is CCO[C@@H](Cc1ccc(OC/C=C\C#CC2(Br)C=CC=C(Br)C2)c(I)c1)C(=O)O. The van der Waals surface area contributed by atoms with Crippen LogP contribution >= 0.6 is 54.5 Å². The van der Waals surface area contributed by atoms with Crippen LogP contribution in [0.1, 0.15) is 18.9 Å². The fourth-order valence-corrected chi connectivity index (χ4v) is 4.86. The molecule has 0 spiro atoms. The lowest BCUT2D eigenvalue weighted by molar-refractivity contribution is -0.149. The molecule has 0 saturated heterocycles. The van der Waals surface area contributed by atoms with Crippen molar-refractivity contribution in [1.29, 1.82) is 0 Å². The van der Waals surface area contributed by atoms with Crippen molar-refractivity contribution in [2.45, 2.75) is 30.2 Å². The third-order valence-electron chi connectivity index (χ3n) is 3.94. The summed E-state index contributed by atoms with van der Waals surface area (Å²) in [7, 11) is 0. The number of allylic oxidation sites excluding steroid dienone is 5. The molecule has 0 radical (unpaired) electrons. The molecule has 0 fully saturated rings. The Kier molecular flexibility index (Phi) is 9.96. The van der Waals surface area contributed by atoms with Gasteiger partial charge in [0.05, 0.1) is 3.57 Å². The maximum absolute atomic E-state index is 11.2. The molecule has 0 bridgehead atoms. The monoisotopic (exact) mass is 634 g/mol. The highest BCUT2D eigenvalue weighted by Crippen LogP contribution is 2.33. The summed E-state index contributed by atoms with van der Waals surface area (Å²) in [6.45, 7) is 2.55. The molecule has 0 heterocycles. The van der Waals surface area contributed by atoms with E-state index >= 15 is 0 Å². The van der Waals surface area contributed by atoms with Gasteiger partial charge in [-0.1, -0.05) is 68.0 Å². The predicted molar refractivity (Wildman–Crippen MR) is 131 cm³/mol. The number of aliphatic carboxylic acids is 1. The maximum Gasteiger partial charge on any atom is 0.333 e. The summed E-state index contributed by atoms with van der Waals surface area (Å²) in [5.41, 5.74) is 0.896. The second-order valence-corrected chi connectivity index (χ2v) is 9.84. The highest BCUT2D eigenvalue weighted by Gasteiger charge is 2.23. The van der Waals surface area contributed by atoms with Gasteiger partial charge in [-0.05, 0) is 63.8 Å². The van der Waals surface area contributed by atoms with Crippen molar-refractivity contribution in [3.8, 4) is 17.6 Å². The first kappa shape index (κ1) is 24.2. The first-order valence-corrected chi connectivity index (χ1v) is 11.7. The van der Waals surface area contributed by atoms with Gasteiger partial charge >= 0.3 is 5.97 Å². The van der Waals surface area contributed by atoms with Crippen molar-refractivity contribution in [2.24, 2.45) is 0 Å². The number of rotatable bonds is 8. The predicted octanol–water partition coefficient (Wildman–Crippen LogP) is 5.63. The second-order valence-electron chi connectivity index (χ2n) is 6.25. The number of hydrogen-bond donors (Lipinski definition) is 1. The minimum Gasteiger partial charge on any atom is -0.488 e. The van der Waals surface area contributed by atoms with Gasteiger partial charge in [-0.2, -0.15) is 0 Å². The molecule has 2 atom stereocenters. The highest BCUT2D eigenvalue weighted by atomic mass is 127. The molecule has 1 aromatic carbocycles.